The van der Waals surface area contributed by atoms with Crippen molar-refractivity contribution in [3.05, 3.63) is 23.8 Å². The number of fused-ring (bicyclic) bond motifs is 1. The third-order valence-corrected chi connectivity index (χ3v) is 4.78. The zero-order chi connectivity index (χ0) is 19.6. The van der Waals surface area contributed by atoms with E-state index in [1.165, 1.54) is 12.8 Å². The first-order chi connectivity index (χ1) is 13.0. The van der Waals surface area contributed by atoms with Gasteiger partial charge in [0.05, 0.1) is 5.69 Å². The van der Waals surface area contributed by atoms with Crippen molar-refractivity contribution < 1.29 is 14.3 Å². The van der Waals surface area contributed by atoms with Gasteiger partial charge in [0.25, 0.3) is 5.91 Å². The fourth-order valence-electron chi connectivity index (χ4n) is 3.16. The van der Waals surface area contributed by atoms with Crippen molar-refractivity contribution in [2.75, 3.05) is 44.7 Å². The average Bonchev–Trinajstić information content (AvgIpc) is 2.65. The molecule has 150 valence electrons. The summed E-state index contributed by atoms with van der Waals surface area (Å²) in [5.74, 6) is 0.733. The van der Waals surface area contributed by atoms with Gasteiger partial charge in [-0.2, -0.15) is 0 Å². The van der Waals surface area contributed by atoms with Crippen molar-refractivity contribution in [3.8, 4) is 5.75 Å². The zero-order valence-corrected chi connectivity index (χ0v) is 16.9. The molecule has 2 rings (SSSR count). The molecule has 1 aliphatic rings. The molecule has 1 aromatic rings. The largest absolute Gasteiger partial charge is 0.482 e. The molecule has 1 aromatic carbocycles. The molecule has 0 saturated carbocycles. The van der Waals surface area contributed by atoms with Gasteiger partial charge in [0.1, 0.15) is 5.75 Å². The third kappa shape index (κ3) is 6.86. The first kappa shape index (κ1) is 21.2. The van der Waals surface area contributed by atoms with Crippen molar-refractivity contribution in [1.29, 1.82) is 0 Å². The van der Waals surface area contributed by atoms with E-state index in [0.717, 1.165) is 36.5 Å². The van der Waals surface area contributed by atoms with Crippen molar-refractivity contribution in [3.63, 3.8) is 0 Å². The van der Waals surface area contributed by atoms with Gasteiger partial charge in [-0.05, 0) is 64.0 Å². The second-order valence-electron chi connectivity index (χ2n) is 7.27. The molecule has 0 saturated heterocycles. The number of hydrogen-bond donors (Lipinski definition) is 1. The van der Waals surface area contributed by atoms with E-state index in [2.05, 4.69) is 24.2 Å². The lowest BCUT2D eigenvalue weighted by Gasteiger charge is -2.29. The first-order valence-electron chi connectivity index (χ1n) is 10.00. The van der Waals surface area contributed by atoms with E-state index in [1.54, 1.807) is 4.90 Å². The van der Waals surface area contributed by atoms with Crippen LogP contribution in [0.5, 0.6) is 5.75 Å². The maximum absolute atomic E-state index is 12.2. The third-order valence-electron chi connectivity index (χ3n) is 4.78. The molecule has 0 aromatic heterocycles. The highest BCUT2D eigenvalue weighted by molar-refractivity contribution is 5.97. The lowest BCUT2D eigenvalue weighted by Crippen LogP contribution is -2.39. The molecule has 0 aliphatic carbocycles. The first-order valence-corrected chi connectivity index (χ1v) is 10.00. The van der Waals surface area contributed by atoms with Gasteiger partial charge in [0.15, 0.2) is 6.61 Å². The lowest BCUT2D eigenvalue weighted by atomic mass is 10.1. The number of amides is 2. The highest BCUT2D eigenvalue weighted by atomic mass is 16.5. The van der Waals surface area contributed by atoms with Crippen LogP contribution < -0.4 is 15.0 Å². The molecule has 6 heteroatoms. The van der Waals surface area contributed by atoms with Crippen LogP contribution in [0.15, 0.2) is 18.2 Å². The Balaban J connectivity index is 1.68. The lowest BCUT2D eigenvalue weighted by molar-refractivity contribution is -0.122. The van der Waals surface area contributed by atoms with E-state index >= 15 is 0 Å². The minimum absolute atomic E-state index is 0.0522. The fraction of sp³-hybridized carbons (Fsp3) is 0.619. The van der Waals surface area contributed by atoms with Gasteiger partial charge in [0, 0.05) is 19.5 Å². The molecule has 1 heterocycles. The Bertz CT molecular complexity index is 633. The molecule has 0 fully saturated rings. The summed E-state index contributed by atoms with van der Waals surface area (Å²) in [5, 5.41) is 2.98. The van der Waals surface area contributed by atoms with Crippen LogP contribution in [0.2, 0.25) is 0 Å². The smallest absolute Gasteiger partial charge is 0.265 e. The van der Waals surface area contributed by atoms with Crippen molar-refractivity contribution in [1.82, 2.24) is 10.2 Å². The molecule has 0 atom stereocenters. The molecule has 0 bridgehead atoms. The fourth-order valence-corrected chi connectivity index (χ4v) is 3.16. The SMILES string of the molecule is CCCCN(C)CCCNC(=O)CCCN1C(=O)COc2ccc(C)cc21. The highest BCUT2D eigenvalue weighted by Crippen LogP contribution is 2.32. The van der Waals surface area contributed by atoms with Gasteiger partial charge in [-0.3, -0.25) is 9.59 Å². The summed E-state index contributed by atoms with van der Waals surface area (Å²) in [6.45, 7) is 7.59. The summed E-state index contributed by atoms with van der Waals surface area (Å²) >= 11 is 0. The number of ether oxygens (including phenoxy) is 1. The number of hydrogen-bond acceptors (Lipinski definition) is 4. The van der Waals surface area contributed by atoms with Crippen molar-refractivity contribution >= 4 is 17.5 Å². The predicted octanol–water partition coefficient (Wildman–Crippen LogP) is 2.74. The Morgan fingerprint density at radius 1 is 1.26 bits per heavy atom. The van der Waals surface area contributed by atoms with Crippen molar-refractivity contribution in [2.24, 2.45) is 0 Å². The van der Waals surface area contributed by atoms with Gasteiger partial charge in [0.2, 0.25) is 5.91 Å². The number of nitrogens with zero attached hydrogens (tertiary/aromatic N) is 2. The summed E-state index contributed by atoms with van der Waals surface area (Å²) < 4.78 is 5.48. The maximum atomic E-state index is 12.2. The van der Waals surface area contributed by atoms with Gasteiger partial charge in [-0.15, -0.1) is 0 Å². The van der Waals surface area contributed by atoms with Crippen LogP contribution in [0.4, 0.5) is 5.69 Å². The van der Waals surface area contributed by atoms with Gasteiger partial charge in [-0.1, -0.05) is 19.4 Å². The molecule has 0 spiro atoms. The van der Waals surface area contributed by atoms with E-state index < -0.39 is 0 Å². The number of anilines is 1. The van der Waals surface area contributed by atoms with Crippen molar-refractivity contribution in [2.45, 2.75) is 46.0 Å². The molecule has 0 unspecified atom stereocenters. The summed E-state index contributed by atoms with van der Waals surface area (Å²) in [4.78, 5) is 28.3. The summed E-state index contributed by atoms with van der Waals surface area (Å²) in [7, 11) is 2.12. The van der Waals surface area contributed by atoms with Gasteiger partial charge < -0.3 is 19.9 Å². The van der Waals surface area contributed by atoms with Gasteiger partial charge in [-0.25, -0.2) is 0 Å². The standard InChI is InChI=1S/C21H33N3O3/c1-4-5-12-23(3)13-7-11-22-20(25)8-6-14-24-18-15-17(2)9-10-19(18)27-16-21(24)26/h9-10,15H,4-8,11-14,16H2,1-3H3,(H,22,25). The number of benzene rings is 1. The molecular formula is C21H33N3O3. The number of aryl methyl sites for hydroxylation is 1. The highest BCUT2D eigenvalue weighted by Gasteiger charge is 2.25. The Hall–Kier alpha value is -2.08. The Labute approximate surface area is 162 Å². The second kappa shape index (κ2) is 10.9. The van der Waals surface area contributed by atoms with Crippen LogP contribution in [-0.2, 0) is 9.59 Å². The van der Waals surface area contributed by atoms with E-state index in [4.69, 9.17) is 4.74 Å². The molecule has 27 heavy (non-hydrogen) atoms. The number of nitrogens with one attached hydrogen (secondary N) is 1. The predicted molar refractivity (Wildman–Crippen MR) is 108 cm³/mol. The van der Waals surface area contributed by atoms with Crippen LogP contribution in [-0.4, -0.2) is 56.5 Å². The van der Waals surface area contributed by atoms with Gasteiger partial charge >= 0.3 is 0 Å². The molecule has 6 nitrogen and oxygen atoms in total. The molecule has 1 N–H and O–H groups in total. The average molecular weight is 376 g/mol. The molecule has 1 aliphatic heterocycles. The Morgan fingerprint density at radius 3 is 2.81 bits per heavy atom. The molecule has 0 radical (unpaired) electrons. The van der Waals surface area contributed by atoms with Crippen LogP contribution in [0.25, 0.3) is 0 Å². The van der Waals surface area contributed by atoms with Crippen LogP contribution in [0.1, 0.15) is 44.6 Å². The Kier molecular flexibility index (Phi) is 8.58. The number of unbranched alkanes of at least 4 members (excludes halogenated alkanes) is 1. The number of carbonyl (C=O) groups is 2. The van der Waals surface area contributed by atoms with E-state index in [9.17, 15) is 9.59 Å². The summed E-state index contributed by atoms with van der Waals surface area (Å²) in [6.07, 6.45) is 4.45. The summed E-state index contributed by atoms with van der Waals surface area (Å²) in [5.41, 5.74) is 1.89. The number of carbonyl (C=O) groups excluding carboxylic acids is 2. The Morgan fingerprint density at radius 2 is 2.04 bits per heavy atom. The number of rotatable bonds is 11. The van der Waals surface area contributed by atoms with E-state index in [0.29, 0.717) is 25.9 Å². The second-order valence-corrected chi connectivity index (χ2v) is 7.27. The maximum Gasteiger partial charge on any atom is 0.265 e. The minimum Gasteiger partial charge on any atom is -0.482 e. The van der Waals surface area contributed by atoms with Crippen LogP contribution >= 0.6 is 0 Å². The molecule has 2 amide bonds. The van der Waals surface area contributed by atoms with Crippen LogP contribution in [0.3, 0.4) is 0 Å². The zero-order valence-electron chi connectivity index (χ0n) is 16.9. The van der Waals surface area contributed by atoms with E-state index in [-0.39, 0.29) is 18.4 Å². The monoisotopic (exact) mass is 375 g/mol. The van der Waals surface area contributed by atoms with Crippen LogP contribution in [0, 0.1) is 6.92 Å². The topological polar surface area (TPSA) is 61.9 Å². The minimum atomic E-state index is -0.0522. The van der Waals surface area contributed by atoms with E-state index in [1.807, 2.05) is 25.1 Å². The summed E-state index contributed by atoms with van der Waals surface area (Å²) in [6, 6.07) is 5.83. The normalized spacial score (nSPS) is 13.5. The quantitative estimate of drug-likeness (QED) is 0.604. The molecular weight excluding hydrogens is 342 g/mol.